The number of H-pyrrole nitrogens is 1. The molecule has 1 aliphatic rings. The Morgan fingerprint density at radius 2 is 2.25 bits per heavy atom. The van der Waals surface area contributed by atoms with Crippen LogP contribution in [0.25, 0.3) is 0 Å². The van der Waals surface area contributed by atoms with Gasteiger partial charge < -0.3 is 9.64 Å². The van der Waals surface area contributed by atoms with Crippen molar-refractivity contribution < 1.29 is 9.66 Å². The van der Waals surface area contributed by atoms with Gasteiger partial charge >= 0.3 is 5.69 Å². The van der Waals surface area contributed by atoms with Gasteiger partial charge in [0.15, 0.2) is 0 Å². The smallest absolute Gasteiger partial charge is 0.333 e. The van der Waals surface area contributed by atoms with Crippen LogP contribution >= 0.6 is 0 Å². The third-order valence-electron chi connectivity index (χ3n) is 2.64. The molecular weight excluding hydrogens is 212 g/mol. The second kappa shape index (κ2) is 4.48. The van der Waals surface area contributed by atoms with Gasteiger partial charge in [0.05, 0.1) is 18.1 Å². The highest BCUT2D eigenvalue weighted by Crippen LogP contribution is 2.29. The third kappa shape index (κ3) is 1.85. The Morgan fingerprint density at radius 1 is 1.56 bits per heavy atom. The van der Waals surface area contributed by atoms with Crippen molar-refractivity contribution in [3.63, 3.8) is 0 Å². The molecule has 88 valence electrons. The fraction of sp³-hybridized carbons (Fsp3) is 0.667. The molecule has 0 aliphatic carbocycles. The Balaban J connectivity index is 2.32. The van der Waals surface area contributed by atoms with Crippen molar-refractivity contribution in [1.29, 1.82) is 0 Å². The fourth-order valence-corrected chi connectivity index (χ4v) is 1.80. The summed E-state index contributed by atoms with van der Waals surface area (Å²) in [5, 5.41) is 17.8. The molecule has 1 saturated heterocycles. The van der Waals surface area contributed by atoms with Gasteiger partial charge in [-0.3, -0.25) is 15.2 Å². The van der Waals surface area contributed by atoms with E-state index in [-0.39, 0.29) is 10.6 Å². The summed E-state index contributed by atoms with van der Waals surface area (Å²) in [6, 6.07) is 0. The van der Waals surface area contributed by atoms with Crippen molar-refractivity contribution in [2.24, 2.45) is 0 Å². The van der Waals surface area contributed by atoms with E-state index in [0.29, 0.717) is 44.2 Å². The lowest BCUT2D eigenvalue weighted by Crippen LogP contribution is -2.36. The largest absolute Gasteiger partial charge is 0.378 e. The molecule has 1 aromatic rings. The van der Waals surface area contributed by atoms with Crippen molar-refractivity contribution >= 4 is 11.5 Å². The number of nitrogens with zero attached hydrogens (tertiary/aromatic N) is 3. The average Bonchev–Trinajstić information content (AvgIpc) is 2.73. The highest BCUT2D eigenvalue weighted by atomic mass is 16.6. The Labute approximate surface area is 92.5 Å². The van der Waals surface area contributed by atoms with Crippen LogP contribution in [0.15, 0.2) is 0 Å². The molecule has 2 heterocycles. The average molecular weight is 226 g/mol. The van der Waals surface area contributed by atoms with Crippen LogP contribution in [0, 0.1) is 10.1 Å². The lowest BCUT2D eigenvalue weighted by atomic mass is 10.2. The normalized spacial score (nSPS) is 16.4. The molecule has 1 aliphatic heterocycles. The fourth-order valence-electron chi connectivity index (χ4n) is 1.80. The first-order valence-corrected chi connectivity index (χ1v) is 5.28. The molecule has 0 aromatic carbocycles. The zero-order valence-electron chi connectivity index (χ0n) is 9.10. The maximum atomic E-state index is 11.0. The monoisotopic (exact) mass is 226 g/mol. The van der Waals surface area contributed by atoms with Gasteiger partial charge in [0.25, 0.3) is 0 Å². The van der Waals surface area contributed by atoms with E-state index in [1.54, 1.807) is 0 Å². The van der Waals surface area contributed by atoms with E-state index in [0.717, 1.165) is 0 Å². The van der Waals surface area contributed by atoms with Gasteiger partial charge in [-0.15, -0.1) is 5.10 Å². The van der Waals surface area contributed by atoms with Gasteiger partial charge in [-0.2, -0.15) is 0 Å². The van der Waals surface area contributed by atoms with Gasteiger partial charge in [0.1, 0.15) is 5.69 Å². The molecule has 2 rings (SSSR count). The Hall–Kier alpha value is -1.63. The summed E-state index contributed by atoms with van der Waals surface area (Å²) < 4.78 is 5.21. The van der Waals surface area contributed by atoms with Gasteiger partial charge in [-0.05, 0) is 6.42 Å². The number of nitrogens with one attached hydrogen (secondary N) is 1. The van der Waals surface area contributed by atoms with E-state index >= 15 is 0 Å². The Kier molecular flexibility index (Phi) is 3.04. The van der Waals surface area contributed by atoms with Crippen LogP contribution in [0.4, 0.5) is 11.5 Å². The molecule has 16 heavy (non-hydrogen) atoms. The standard InChI is InChI=1S/C9H14N4O3/c1-2-7-8(13(14)15)9(11-10-7)12-3-5-16-6-4-12/h2-6H2,1H3,(H,10,11). The predicted molar refractivity (Wildman–Crippen MR) is 57.7 cm³/mol. The van der Waals surface area contributed by atoms with Crippen LogP contribution in [-0.2, 0) is 11.2 Å². The van der Waals surface area contributed by atoms with Crippen LogP contribution in [0.3, 0.4) is 0 Å². The van der Waals surface area contributed by atoms with Gasteiger partial charge in [-0.25, -0.2) is 0 Å². The number of hydrogen-bond acceptors (Lipinski definition) is 5. The molecule has 0 radical (unpaired) electrons. The minimum atomic E-state index is -0.368. The molecule has 0 spiro atoms. The number of ether oxygens (including phenoxy) is 1. The van der Waals surface area contributed by atoms with Crippen LogP contribution in [0.1, 0.15) is 12.6 Å². The lowest BCUT2D eigenvalue weighted by molar-refractivity contribution is -0.384. The summed E-state index contributed by atoms with van der Waals surface area (Å²) in [6.45, 7) is 4.34. The van der Waals surface area contributed by atoms with Crippen molar-refractivity contribution in [2.75, 3.05) is 31.2 Å². The molecular formula is C9H14N4O3. The van der Waals surface area contributed by atoms with Crippen LogP contribution < -0.4 is 4.90 Å². The summed E-state index contributed by atoms with van der Waals surface area (Å²) in [5.41, 5.74) is 0.677. The Morgan fingerprint density at radius 3 is 2.81 bits per heavy atom. The number of aryl methyl sites for hydroxylation is 1. The molecule has 1 N–H and O–H groups in total. The summed E-state index contributed by atoms with van der Waals surface area (Å²) in [7, 11) is 0. The molecule has 0 unspecified atom stereocenters. The molecule has 7 heteroatoms. The summed E-state index contributed by atoms with van der Waals surface area (Å²) in [5.74, 6) is 0.435. The number of aromatic amines is 1. The molecule has 0 saturated carbocycles. The summed E-state index contributed by atoms with van der Waals surface area (Å²) in [4.78, 5) is 12.5. The first-order valence-electron chi connectivity index (χ1n) is 5.28. The van der Waals surface area contributed by atoms with E-state index in [9.17, 15) is 10.1 Å². The summed E-state index contributed by atoms with van der Waals surface area (Å²) in [6.07, 6.45) is 0.577. The van der Waals surface area contributed by atoms with E-state index in [4.69, 9.17) is 4.74 Å². The predicted octanol–water partition coefficient (Wildman–Crippen LogP) is 0.717. The number of hydrogen-bond donors (Lipinski definition) is 1. The van der Waals surface area contributed by atoms with Gasteiger partial charge in [0, 0.05) is 13.1 Å². The minimum Gasteiger partial charge on any atom is -0.378 e. The van der Waals surface area contributed by atoms with E-state index in [1.165, 1.54) is 0 Å². The van der Waals surface area contributed by atoms with Crippen LogP contribution in [0.2, 0.25) is 0 Å². The molecule has 0 amide bonds. The Bertz CT molecular complexity index is 384. The van der Waals surface area contributed by atoms with Crippen molar-refractivity contribution in [1.82, 2.24) is 10.2 Å². The van der Waals surface area contributed by atoms with E-state index < -0.39 is 0 Å². The van der Waals surface area contributed by atoms with Crippen molar-refractivity contribution in [2.45, 2.75) is 13.3 Å². The number of rotatable bonds is 3. The molecule has 7 nitrogen and oxygen atoms in total. The maximum Gasteiger partial charge on any atom is 0.333 e. The maximum absolute atomic E-state index is 11.0. The first kappa shape index (κ1) is 10.9. The number of aromatic nitrogens is 2. The molecule has 0 bridgehead atoms. The minimum absolute atomic E-state index is 0.101. The zero-order chi connectivity index (χ0) is 11.5. The van der Waals surface area contributed by atoms with Crippen LogP contribution in [0.5, 0.6) is 0 Å². The van der Waals surface area contributed by atoms with Crippen molar-refractivity contribution in [3.05, 3.63) is 15.8 Å². The topological polar surface area (TPSA) is 84.3 Å². The second-order valence-electron chi connectivity index (χ2n) is 3.58. The highest BCUT2D eigenvalue weighted by Gasteiger charge is 2.28. The first-order chi connectivity index (χ1) is 7.74. The third-order valence-corrected chi connectivity index (χ3v) is 2.64. The SMILES string of the molecule is CCc1[nH]nc(N2CCOCC2)c1[N+](=O)[O-]. The van der Waals surface area contributed by atoms with E-state index in [1.807, 2.05) is 11.8 Å². The zero-order valence-corrected chi connectivity index (χ0v) is 9.10. The van der Waals surface area contributed by atoms with Crippen molar-refractivity contribution in [3.8, 4) is 0 Å². The molecule has 1 fully saturated rings. The second-order valence-corrected chi connectivity index (χ2v) is 3.58. The van der Waals surface area contributed by atoms with E-state index in [2.05, 4.69) is 10.2 Å². The number of anilines is 1. The quantitative estimate of drug-likeness (QED) is 0.606. The van der Waals surface area contributed by atoms with Crippen LogP contribution in [-0.4, -0.2) is 41.4 Å². The summed E-state index contributed by atoms with van der Waals surface area (Å²) >= 11 is 0. The lowest BCUT2D eigenvalue weighted by Gasteiger charge is -2.25. The highest BCUT2D eigenvalue weighted by molar-refractivity contribution is 5.60. The molecule has 0 atom stereocenters. The van der Waals surface area contributed by atoms with Gasteiger partial charge in [-0.1, -0.05) is 6.92 Å². The number of morpholine rings is 1. The molecule has 1 aromatic heterocycles. The number of nitro groups is 1. The van der Waals surface area contributed by atoms with Gasteiger partial charge in [0.2, 0.25) is 5.82 Å².